The molecule has 0 saturated heterocycles. The summed E-state index contributed by atoms with van der Waals surface area (Å²) in [5.74, 6) is 0.0436. The van der Waals surface area contributed by atoms with Crippen molar-refractivity contribution in [2.45, 2.75) is 33.1 Å². The quantitative estimate of drug-likeness (QED) is 0.651. The monoisotopic (exact) mass is 316 g/mol. The predicted octanol–water partition coefficient (Wildman–Crippen LogP) is 4.50. The number of fused-ring (bicyclic) bond motifs is 1. The van der Waals surface area contributed by atoms with E-state index in [9.17, 15) is 4.79 Å². The van der Waals surface area contributed by atoms with Crippen molar-refractivity contribution in [3.63, 3.8) is 0 Å². The van der Waals surface area contributed by atoms with Gasteiger partial charge in [0, 0.05) is 30.3 Å². The van der Waals surface area contributed by atoms with Gasteiger partial charge in [0.2, 0.25) is 0 Å². The van der Waals surface area contributed by atoms with Crippen LogP contribution in [-0.2, 0) is 12.8 Å². The summed E-state index contributed by atoms with van der Waals surface area (Å²) in [6, 6.07) is 15.9. The van der Waals surface area contributed by atoms with Crippen LogP contribution in [0.3, 0.4) is 0 Å². The summed E-state index contributed by atoms with van der Waals surface area (Å²) in [6.45, 7) is 4.08. The molecule has 0 amide bonds. The van der Waals surface area contributed by atoms with Gasteiger partial charge in [-0.2, -0.15) is 5.26 Å². The van der Waals surface area contributed by atoms with E-state index in [0.29, 0.717) is 18.4 Å². The maximum Gasteiger partial charge on any atom is 0.195 e. The number of carbonyl (C=O) groups is 1. The Kier molecular flexibility index (Phi) is 4.48. The highest BCUT2D eigenvalue weighted by molar-refractivity contribution is 6.14. The molecule has 0 aliphatic rings. The molecule has 0 bridgehead atoms. The Morgan fingerprint density at radius 1 is 1.17 bits per heavy atom. The van der Waals surface area contributed by atoms with E-state index in [4.69, 9.17) is 5.26 Å². The summed E-state index contributed by atoms with van der Waals surface area (Å²) in [5, 5.41) is 8.91. The molecule has 3 heteroatoms. The lowest BCUT2D eigenvalue weighted by atomic mass is 9.98. The van der Waals surface area contributed by atoms with E-state index in [-0.39, 0.29) is 5.78 Å². The lowest BCUT2D eigenvalue weighted by Gasteiger charge is -2.03. The smallest absolute Gasteiger partial charge is 0.195 e. The van der Waals surface area contributed by atoms with Gasteiger partial charge in [-0.1, -0.05) is 37.3 Å². The third-order valence-corrected chi connectivity index (χ3v) is 4.54. The van der Waals surface area contributed by atoms with Crippen LogP contribution in [0.25, 0.3) is 5.52 Å². The topological polar surface area (TPSA) is 45.3 Å². The Hall–Kier alpha value is -2.86. The minimum Gasteiger partial charge on any atom is -0.320 e. The first kappa shape index (κ1) is 16.0. The standard InChI is InChI=1S/C21H20N2O/c1-3-16-9-11-17(12-10-16)21(24)20-15(2)18(8-6-13-22)23-14-5-4-7-19(20)23/h4-5,7,9-12,14H,3,6,8H2,1-2H3. The number of aromatic nitrogens is 1. The van der Waals surface area contributed by atoms with Crippen LogP contribution in [0.2, 0.25) is 0 Å². The van der Waals surface area contributed by atoms with Crippen LogP contribution in [0.15, 0.2) is 48.7 Å². The molecule has 1 aromatic carbocycles. The van der Waals surface area contributed by atoms with Crippen LogP contribution in [-0.4, -0.2) is 10.2 Å². The van der Waals surface area contributed by atoms with E-state index in [1.54, 1.807) is 0 Å². The predicted molar refractivity (Wildman–Crippen MR) is 95.3 cm³/mol. The number of carbonyl (C=O) groups excluding carboxylic acids is 1. The number of ketones is 1. The summed E-state index contributed by atoms with van der Waals surface area (Å²) in [5.41, 5.74) is 5.60. The molecule has 120 valence electrons. The van der Waals surface area contributed by atoms with Gasteiger partial charge in [-0.3, -0.25) is 4.79 Å². The number of aryl methyl sites for hydroxylation is 2. The molecular weight excluding hydrogens is 296 g/mol. The summed E-state index contributed by atoms with van der Waals surface area (Å²) < 4.78 is 2.04. The second-order valence-corrected chi connectivity index (χ2v) is 5.94. The molecule has 0 fully saturated rings. The number of rotatable bonds is 5. The number of pyridine rings is 1. The number of hydrogen-bond donors (Lipinski definition) is 0. The Labute approximate surface area is 142 Å². The second-order valence-electron chi connectivity index (χ2n) is 5.94. The maximum atomic E-state index is 13.1. The Bertz CT molecular complexity index is 927. The van der Waals surface area contributed by atoms with E-state index < -0.39 is 0 Å². The first-order valence-electron chi connectivity index (χ1n) is 8.26. The SMILES string of the molecule is CCc1ccc(C(=O)c2c(C)c(CCC#N)n3ccccc23)cc1. The molecule has 24 heavy (non-hydrogen) atoms. The zero-order valence-electron chi connectivity index (χ0n) is 14.0. The second kappa shape index (κ2) is 6.72. The van der Waals surface area contributed by atoms with Gasteiger partial charge in [-0.25, -0.2) is 0 Å². The summed E-state index contributed by atoms with van der Waals surface area (Å²) in [7, 11) is 0. The minimum absolute atomic E-state index is 0.0436. The average Bonchev–Trinajstić information content (AvgIpc) is 2.91. The average molecular weight is 316 g/mol. The fourth-order valence-electron chi connectivity index (χ4n) is 3.20. The molecule has 0 aliphatic carbocycles. The third kappa shape index (κ3) is 2.72. The van der Waals surface area contributed by atoms with Gasteiger partial charge in [0.25, 0.3) is 0 Å². The Morgan fingerprint density at radius 2 is 1.92 bits per heavy atom. The molecule has 2 heterocycles. The van der Waals surface area contributed by atoms with Gasteiger partial charge >= 0.3 is 0 Å². The van der Waals surface area contributed by atoms with Crippen molar-refractivity contribution < 1.29 is 4.79 Å². The molecule has 0 radical (unpaired) electrons. The highest BCUT2D eigenvalue weighted by atomic mass is 16.1. The summed E-state index contributed by atoms with van der Waals surface area (Å²) in [4.78, 5) is 13.1. The lowest BCUT2D eigenvalue weighted by molar-refractivity contribution is 0.104. The van der Waals surface area contributed by atoms with E-state index in [0.717, 1.165) is 28.8 Å². The highest BCUT2D eigenvalue weighted by Crippen LogP contribution is 2.27. The fourth-order valence-corrected chi connectivity index (χ4v) is 3.20. The Morgan fingerprint density at radius 3 is 2.58 bits per heavy atom. The van der Waals surface area contributed by atoms with Gasteiger partial charge in [-0.05, 0) is 36.6 Å². The van der Waals surface area contributed by atoms with Crippen molar-refractivity contribution in [3.8, 4) is 6.07 Å². The lowest BCUT2D eigenvalue weighted by Crippen LogP contribution is -2.03. The molecule has 3 rings (SSSR count). The largest absolute Gasteiger partial charge is 0.320 e. The van der Waals surface area contributed by atoms with E-state index >= 15 is 0 Å². The van der Waals surface area contributed by atoms with Gasteiger partial charge < -0.3 is 4.40 Å². The van der Waals surface area contributed by atoms with Crippen LogP contribution >= 0.6 is 0 Å². The van der Waals surface area contributed by atoms with Gasteiger partial charge in [0.1, 0.15) is 0 Å². The zero-order chi connectivity index (χ0) is 17.1. The number of hydrogen-bond acceptors (Lipinski definition) is 2. The van der Waals surface area contributed by atoms with Crippen LogP contribution in [0.4, 0.5) is 0 Å². The van der Waals surface area contributed by atoms with Crippen molar-refractivity contribution in [1.82, 2.24) is 4.40 Å². The van der Waals surface area contributed by atoms with Gasteiger partial charge in [0.05, 0.1) is 17.1 Å². The molecule has 0 N–H and O–H groups in total. The van der Waals surface area contributed by atoms with Crippen LogP contribution in [0.5, 0.6) is 0 Å². The number of nitriles is 1. The van der Waals surface area contributed by atoms with Crippen molar-refractivity contribution >= 4 is 11.3 Å². The van der Waals surface area contributed by atoms with Crippen molar-refractivity contribution in [2.75, 3.05) is 0 Å². The zero-order valence-corrected chi connectivity index (χ0v) is 14.0. The Balaban J connectivity index is 2.12. The molecule has 0 unspecified atom stereocenters. The third-order valence-electron chi connectivity index (χ3n) is 4.54. The van der Waals surface area contributed by atoms with E-state index in [1.165, 1.54) is 5.56 Å². The van der Waals surface area contributed by atoms with Crippen molar-refractivity contribution in [3.05, 3.63) is 76.6 Å². The normalized spacial score (nSPS) is 10.7. The first-order chi connectivity index (χ1) is 11.7. The van der Waals surface area contributed by atoms with E-state index in [1.807, 2.05) is 60.0 Å². The van der Waals surface area contributed by atoms with Gasteiger partial charge in [0.15, 0.2) is 5.78 Å². The van der Waals surface area contributed by atoms with Crippen LogP contribution in [0, 0.1) is 18.3 Å². The summed E-state index contributed by atoms with van der Waals surface area (Å²) in [6.07, 6.45) is 4.02. The minimum atomic E-state index is 0.0436. The first-order valence-corrected chi connectivity index (χ1v) is 8.26. The molecule has 2 aromatic heterocycles. The maximum absolute atomic E-state index is 13.1. The highest BCUT2D eigenvalue weighted by Gasteiger charge is 2.21. The molecular formula is C21H20N2O. The van der Waals surface area contributed by atoms with Crippen molar-refractivity contribution in [1.29, 1.82) is 5.26 Å². The van der Waals surface area contributed by atoms with E-state index in [2.05, 4.69) is 13.0 Å². The van der Waals surface area contributed by atoms with Crippen molar-refractivity contribution in [2.24, 2.45) is 0 Å². The molecule has 0 saturated carbocycles. The summed E-state index contributed by atoms with van der Waals surface area (Å²) >= 11 is 0. The number of nitrogens with zero attached hydrogens (tertiary/aromatic N) is 2. The molecule has 0 spiro atoms. The van der Waals surface area contributed by atoms with Crippen LogP contribution in [0.1, 0.15) is 46.1 Å². The molecule has 3 aromatic rings. The van der Waals surface area contributed by atoms with Crippen LogP contribution < -0.4 is 0 Å². The molecule has 0 atom stereocenters. The van der Waals surface area contributed by atoms with Gasteiger partial charge in [-0.15, -0.1) is 0 Å². The molecule has 3 nitrogen and oxygen atoms in total. The molecule has 0 aliphatic heterocycles. The fraction of sp³-hybridized carbons (Fsp3) is 0.238. The number of benzene rings is 1.